The van der Waals surface area contributed by atoms with Crippen LogP contribution in [0.3, 0.4) is 0 Å². The summed E-state index contributed by atoms with van der Waals surface area (Å²) >= 11 is 1.99. The lowest BCUT2D eigenvalue weighted by Gasteiger charge is -2.59. The fourth-order valence-corrected chi connectivity index (χ4v) is 34.1. The number of ether oxygens (including phenoxy) is 1. The van der Waals surface area contributed by atoms with Crippen LogP contribution in [-0.2, 0) is 30.7 Å². The van der Waals surface area contributed by atoms with Gasteiger partial charge in [-0.05, 0) is 247 Å². The first-order valence-corrected chi connectivity index (χ1v) is 59.4. The van der Waals surface area contributed by atoms with Gasteiger partial charge in [0.15, 0.2) is 11.7 Å². The van der Waals surface area contributed by atoms with Crippen molar-refractivity contribution in [1.82, 2.24) is 19.3 Å². The van der Waals surface area contributed by atoms with Crippen molar-refractivity contribution in [3.05, 3.63) is 33.8 Å². The zero-order chi connectivity index (χ0) is 99.5. The number of quaternary nitrogens is 7. The van der Waals surface area contributed by atoms with Crippen molar-refractivity contribution >= 4 is 11.5 Å². The lowest BCUT2D eigenvalue weighted by molar-refractivity contribution is -0.986. The van der Waals surface area contributed by atoms with Crippen LogP contribution in [0.4, 0.5) is 0 Å². The predicted molar refractivity (Wildman–Crippen MR) is 577 cm³/mol. The number of rotatable bonds is 18. The van der Waals surface area contributed by atoms with Gasteiger partial charge in [-0.25, -0.2) is 9.13 Å². The molecule has 0 spiro atoms. The van der Waals surface area contributed by atoms with Crippen molar-refractivity contribution in [2.45, 2.75) is 586 Å². The summed E-state index contributed by atoms with van der Waals surface area (Å²) in [5.74, 6) is 9.19. The van der Waals surface area contributed by atoms with E-state index in [0.717, 1.165) is 188 Å². The second kappa shape index (κ2) is 47.3. The summed E-state index contributed by atoms with van der Waals surface area (Å²) in [4.78, 5) is 9.75. The van der Waals surface area contributed by atoms with Crippen LogP contribution in [0.1, 0.15) is 455 Å². The predicted octanol–water partition coefficient (Wildman–Crippen LogP) is 25.4. The molecule has 19 rings (SSSR count). The van der Waals surface area contributed by atoms with Crippen LogP contribution >= 0.6 is 11.5 Å². The minimum Gasteiger partial charge on any atom is -0.365 e. The lowest BCUT2D eigenvalue weighted by atomic mass is 9.72. The molecule has 15 heteroatoms. The van der Waals surface area contributed by atoms with Gasteiger partial charge in [0, 0.05) is 163 Å². The highest BCUT2D eigenvalue weighted by Gasteiger charge is 2.62. The van der Waals surface area contributed by atoms with E-state index in [-0.39, 0.29) is 0 Å². The zero-order valence-electron chi connectivity index (χ0n) is 97.3. The van der Waals surface area contributed by atoms with Crippen molar-refractivity contribution in [2.24, 2.45) is 41.4 Å². The summed E-state index contributed by atoms with van der Waals surface area (Å²) in [5, 5.41) is 0. The molecule has 134 heavy (non-hydrogen) atoms. The van der Waals surface area contributed by atoms with E-state index in [0.29, 0.717) is 29.5 Å². The molecule has 14 unspecified atom stereocenters. The van der Waals surface area contributed by atoms with Crippen LogP contribution in [0.5, 0.6) is 0 Å². The summed E-state index contributed by atoms with van der Waals surface area (Å²) in [6, 6.07) is 19.2. The minimum absolute atomic E-state index is 0.514. The Labute approximate surface area is 838 Å². The number of hydrogen-bond acceptors (Lipinski definition) is 5. The Kier molecular flexibility index (Phi) is 40.3. The minimum atomic E-state index is 0.514. The highest BCUT2D eigenvalue weighted by molar-refractivity contribution is 7.02. The Bertz CT molecular complexity index is 3590. The van der Waals surface area contributed by atoms with Gasteiger partial charge in [0.2, 0.25) is 0 Å². The molecule has 17 aliphatic rings. The first-order valence-electron chi connectivity index (χ1n) is 58.6. The maximum Gasteiger partial charge on any atom is 0.283 e. The number of hydrogen-bond donors (Lipinski definition) is 0. The Hall–Kier alpha value is -1.60. The van der Waals surface area contributed by atoms with Crippen LogP contribution in [-0.4, -0.2) is 290 Å². The van der Waals surface area contributed by atoms with Gasteiger partial charge in [-0.1, -0.05) is 83.1 Å². The smallest absolute Gasteiger partial charge is 0.283 e. The Morgan fingerprint density at radius 2 is 0.851 bits per heavy atom. The van der Waals surface area contributed by atoms with Gasteiger partial charge >= 0.3 is 0 Å². The van der Waals surface area contributed by atoms with Gasteiger partial charge in [-0.15, -0.1) is 3.96 Å². The fraction of sp³-hybridized carbons (Fsp3) is 0.950. The van der Waals surface area contributed by atoms with Crippen LogP contribution in [0.25, 0.3) is 0 Å². The Morgan fingerprint density at radius 1 is 0.403 bits per heavy atom. The molecule has 2 aromatic heterocycles. The number of likely N-dealkylation sites (tertiary alicyclic amines) is 2. The Morgan fingerprint density at radius 3 is 1.22 bits per heavy atom. The van der Waals surface area contributed by atoms with Crippen molar-refractivity contribution in [3.8, 4) is 0 Å². The number of piperazine rings is 3. The molecule has 0 aromatic carbocycles. The Balaban J connectivity index is 0.000000156. The van der Waals surface area contributed by atoms with E-state index in [9.17, 15) is 0 Å². The maximum atomic E-state index is 5.54. The second-order valence-corrected chi connectivity index (χ2v) is 55.6. The van der Waals surface area contributed by atoms with Gasteiger partial charge < -0.3 is 36.1 Å². The topological polar surface area (TPSA) is 31.6 Å². The first kappa shape index (κ1) is 114. The van der Waals surface area contributed by atoms with E-state index in [1.54, 1.807) is 16.1 Å². The van der Waals surface area contributed by atoms with Gasteiger partial charge in [0.05, 0.1) is 197 Å². The summed E-state index contributed by atoms with van der Waals surface area (Å²) < 4.78 is 22.5. The molecule has 10 bridgehead atoms. The first-order chi connectivity index (χ1) is 62.6. The monoisotopic (exact) mass is 1890 g/mol. The number of aromatic nitrogens is 3. The molecule has 18 heterocycles. The molecule has 16 aliphatic heterocycles. The number of nitrogens with zero attached hydrogens (tertiary/aromatic N) is 13. The third-order valence-electron chi connectivity index (χ3n) is 43.2. The highest BCUT2D eigenvalue weighted by Crippen LogP contribution is 2.54. The third-order valence-corrected chi connectivity index (χ3v) is 45.0. The average Bonchev–Trinajstić information content (AvgIpc) is 1.13. The number of imidazole rings is 1. The summed E-state index contributed by atoms with van der Waals surface area (Å²) in [6.45, 7) is 102. The molecule has 2 aromatic rings. The van der Waals surface area contributed by atoms with Crippen molar-refractivity contribution in [3.63, 3.8) is 0 Å². The largest absolute Gasteiger partial charge is 0.365 e. The number of piperidine rings is 6. The number of likely N-dealkylation sites (N-methyl/N-ethyl adjacent to an activating group) is 3. The van der Waals surface area contributed by atoms with Gasteiger partial charge in [0.1, 0.15) is 72.3 Å². The molecule has 0 N–H and O–H groups in total. The molecule has 0 radical (unpaired) electrons. The molecule has 14 nitrogen and oxygen atoms in total. The van der Waals surface area contributed by atoms with Crippen molar-refractivity contribution in [2.75, 3.05) is 107 Å². The summed E-state index contributed by atoms with van der Waals surface area (Å²) in [5.41, 5.74) is 5.41. The third kappa shape index (κ3) is 23.4. The van der Waals surface area contributed by atoms with E-state index < -0.39 is 0 Å². The molecule has 778 valence electrons. The normalized spacial score (nSPS) is 36.9. The molecular formula is C119H234N13OS+9. The molecular weight excluding hydrogens is 1660 g/mol. The summed E-state index contributed by atoms with van der Waals surface area (Å²) in [6.07, 6.45) is 40.2. The molecule has 15 fully saturated rings. The van der Waals surface area contributed by atoms with Gasteiger partial charge in [-0.3, -0.25) is 14.7 Å². The lowest BCUT2D eigenvalue weighted by Crippen LogP contribution is -2.73. The van der Waals surface area contributed by atoms with Crippen LogP contribution in [0.15, 0.2) is 6.20 Å². The highest BCUT2D eigenvalue weighted by atomic mass is 32.1. The molecule has 1 aliphatic carbocycles. The van der Waals surface area contributed by atoms with Crippen LogP contribution < -0.4 is 8.52 Å². The van der Waals surface area contributed by atoms with E-state index in [4.69, 9.17) is 4.74 Å². The van der Waals surface area contributed by atoms with Crippen LogP contribution in [0, 0.1) is 41.4 Å². The van der Waals surface area contributed by atoms with E-state index in [1.807, 2.05) is 11.5 Å². The van der Waals surface area contributed by atoms with E-state index in [1.165, 1.54) is 275 Å². The number of fused-ring (bicyclic) bond motifs is 15. The standard InChI is InChI=1S/C15H30N.C14H29N2.C14H28N.2C13H27N2.2C13H26N.C12H21N2O.C12H20NS/c1-11(2)13-9-14-7-6-8-15(10-13)16(14,5)12(3)4;1-11(2)15-9-13-7-6-8-14(10-15)16(13,5)12(3)4;1-10(2)12-8-13-6-7-14(9-12)15(13,5)11(3)4;1-10(2)14-8-13-7-6-12(14)9-15(13,5)11(3)4;1-10(2)14-8-12-6-7-13(9-14)15(12,5)11(3)4;1-11(2)13-7-5-9-14(13,12(3)4)10-6-8-13;1-10(2)12-7-9-14(11(3)4)8-5-6-13(12)14;1-9(2)11-7-14(10(3)4)12-8-15-6-5-13(11)12;1-8(2)12-10-6-5-7-11(10)13(14-12)9(3)4/h11-15H,6-10H2,1-5H3;11-14H,6-10H2,1-5H3;10-14H,6-9H2,1-5H3;2*10-13H,6-9H2,1-5H3;11-12H,5-10H2,1-4H3;10-13H,5-9H2,1-4H3;7,9-10H,5-6,8H2,1-4H3;8-9H,5-7H2,1-4H3/q9*+1. The van der Waals surface area contributed by atoms with Crippen LogP contribution in [0.2, 0.25) is 0 Å². The van der Waals surface area contributed by atoms with Gasteiger partial charge in [0.25, 0.3) is 5.82 Å². The molecule has 14 atom stereocenters. The molecule has 15 saturated heterocycles. The fourth-order valence-electron chi connectivity index (χ4n) is 32.8. The van der Waals surface area contributed by atoms with E-state index in [2.05, 4.69) is 318 Å². The van der Waals surface area contributed by atoms with Crippen molar-refractivity contribution < 1.29 is 44.6 Å². The SMILES string of the molecule is CC(C)C12CCC[N+]1(C(C)C)CCC2.CC(C)C1CC2CCC(C1)[N+]2(C)C(C)C.CC(C)C1CC2CCCC(C1)[N+]2(C)C(C)C.CC(C)C1CC[N+]2(C(C)C)CCCC12.CC(C)N1CC2CCC(C1)[N+]2(C)C(C)C.CC(C)N1CC2CCC1C[N+]2(C)C(C)C.CC(C)N1CC2CCCC(C1)[N+]2(C)C(C)C.CC(C)c1c[n+](C(C)C)c2n1CCOC2.CC(C)c1s[n+](C(C)C)c2c1CCC2. The molecule has 0 amide bonds. The van der Waals surface area contributed by atoms with Gasteiger partial charge in [-0.2, -0.15) is 0 Å². The van der Waals surface area contributed by atoms with E-state index >= 15 is 0 Å². The second-order valence-electron chi connectivity index (χ2n) is 54.6. The van der Waals surface area contributed by atoms with Crippen molar-refractivity contribution in [1.29, 1.82) is 0 Å². The quantitative estimate of drug-likeness (QED) is 0.110. The summed E-state index contributed by atoms with van der Waals surface area (Å²) in [7, 11) is 12.5. The zero-order valence-corrected chi connectivity index (χ0v) is 98.1. The maximum absolute atomic E-state index is 5.54. The molecule has 0 saturated carbocycles. The average molecular weight is 1900 g/mol.